The van der Waals surface area contributed by atoms with E-state index in [9.17, 15) is 9.59 Å². The van der Waals surface area contributed by atoms with Gasteiger partial charge in [0.2, 0.25) is 5.91 Å². The van der Waals surface area contributed by atoms with Gasteiger partial charge in [-0.3, -0.25) is 9.59 Å². The molecular weight excluding hydrogens is 479 g/mol. The molecule has 2 aromatic rings. The van der Waals surface area contributed by atoms with Crippen LogP contribution in [0, 0.1) is 6.92 Å². The van der Waals surface area contributed by atoms with E-state index >= 15 is 0 Å². The maximum absolute atomic E-state index is 12.6. The van der Waals surface area contributed by atoms with Crippen LogP contribution in [-0.4, -0.2) is 58.3 Å². The number of pyridine rings is 1. The van der Waals surface area contributed by atoms with Gasteiger partial charge in [-0.15, -0.1) is 0 Å². The summed E-state index contributed by atoms with van der Waals surface area (Å²) in [6, 6.07) is 4.35. The van der Waals surface area contributed by atoms with Crippen molar-refractivity contribution in [2.75, 3.05) is 19.6 Å². The number of halogens is 2. The van der Waals surface area contributed by atoms with Crippen LogP contribution in [0.15, 0.2) is 22.9 Å². The Hall–Kier alpha value is -1.67. The third-order valence-electron chi connectivity index (χ3n) is 6.33. The van der Waals surface area contributed by atoms with E-state index in [1.807, 2.05) is 6.92 Å². The molecule has 1 saturated heterocycles. The molecule has 1 aliphatic rings. The number of rotatable bonds is 9. The van der Waals surface area contributed by atoms with Crippen LogP contribution in [0.1, 0.15) is 61.0 Å². The van der Waals surface area contributed by atoms with Gasteiger partial charge >= 0.3 is 0 Å². The molecule has 0 unspecified atom stereocenters. The zero-order valence-electron chi connectivity index (χ0n) is 19.4. The van der Waals surface area contributed by atoms with Crippen molar-refractivity contribution in [1.82, 2.24) is 20.1 Å². The maximum Gasteiger partial charge on any atom is 0.254 e. The SMILES string of the molecule is CCC(=O)N(Cc1ccsc1)C1CCN([C@H](C)CCNC(=O)c2c(C)cc(Cl)nc2Cl)CC1. The molecule has 0 aliphatic carbocycles. The highest BCUT2D eigenvalue weighted by atomic mass is 35.5. The third kappa shape index (κ3) is 6.92. The van der Waals surface area contributed by atoms with Gasteiger partial charge in [0, 0.05) is 44.7 Å². The van der Waals surface area contributed by atoms with E-state index in [0.717, 1.165) is 32.4 Å². The summed E-state index contributed by atoms with van der Waals surface area (Å²) >= 11 is 13.7. The molecule has 1 atom stereocenters. The van der Waals surface area contributed by atoms with Crippen molar-refractivity contribution >= 4 is 46.4 Å². The first kappa shape index (κ1) is 25.9. The van der Waals surface area contributed by atoms with Crippen LogP contribution in [0.2, 0.25) is 10.3 Å². The van der Waals surface area contributed by atoms with Crippen molar-refractivity contribution in [2.24, 2.45) is 0 Å². The molecule has 1 aliphatic heterocycles. The van der Waals surface area contributed by atoms with Crippen molar-refractivity contribution in [2.45, 2.75) is 65.1 Å². The lowest BCUT2D eigenvalue weighted by molar-refractivity contribution is -0.135. The summed E-state index contributed by atoms with van der Waals surface area (Å²) in [5.41, 5.74) is 2.29. The number of aryl methyl sites for hydroxylation is 1. The molecule has 0 saturated carbocycles. The predicted molar refractivity (Wildman–Crippen MR) is 135 cm³/mol. The van der Waals surface area contributed by atoms with E-state index in [1.165, 1.54) is 5.56 Å². The fourth-order valence-corrected chi connectivity index (χ4v) is 5.65. The standard InChI is InChI=1S/C24H32Cl2N4O2S/c1-4-21(31)30(14-18-8-12-33-15-18)19-6-10-29(11-7-19)17(3)5-9-27-24(32)22-16(2)13-20(25)28-23(22)26/h8,12-13,15,17,19H,4-7,9-11,14H2,1-3H3,(H,27,32)/t17-/m1/s1. The Kier molecular flexibility index (Phi) is 9.56. The number of carbonyl (C=O) groups is 2. The topological polar surface area (TPSA) is 65.5 Å². The minimum Gasteiger partial charge on any atom is -0.352 e. The van der Waals surface area contributed by atoms with Crippen LogP contribution >= 0.6 is 34.5 Å². The Bertz CT molecular complexity index is 923. The summed E-state index contributed by atoms with van der Waals surface area (Å²) in [5, 5.41) is 7.55. The first-order chi connectivity index (χ1) is 15.8. The predicted octanol–water partition coefficient (Wildman–Crippen LogP) is 5.17. The maximum atomic E-state index is 12.6. The number of carbonyl (C=O) groups excluding carboxylic acids is 2. The Morgan fingerprint density at radius 3 is 2.67 bits per heavy atom. The van der Waals surface area contributed by atoms with E-state index in [1.54, 1.807) is 24.3 Å². The number of amides is 2. The van der Waals surface area contributed by atoms with E-state index in [0.29, 0.717) is 36.7 Å². The van der Waals surface area contributed by atoms with Gasteiger partial charge in [-0.2, -0.15) is 11.3 Å². The molecule has 2 amide bonds. The number of likely N-dealkylation sites (tertiary alicyclic amines) is 1. The summed E-state index contributed by atoms with van der Waals surface area (Å²) in [4.78, 5) is 33.6. The molecular formula is C24H32Cl2N4O2S. The molecule has 1 fully saturated rings. The van der Waals surface area contributed by atoms with Crippen LogP contribution in [0.25, 0.3) is 0 Å². The molecule has 0 radical (unpaired) electrons. The minimum atomic E-state index is -0.227. The van der Waals surface area contributed by atoms with E-state index in [4.69, 9.17) is 23.2 Å². The second kappa shape index (κ2) is 12.2. The highest BCUT2D eigenvalue weighted by Crippen LogP contribution is 2.23. The molecule has 3 heterocycles. The summed E-state index contributed by atoms with van der Waals surface area (Å²) in [5.74, 6) is -0.00391. The monoisotopic (exact) mass is 510 g/mol. The fourth-order valence-electron chi connectivity index (χ4n) is 4.38. The number of nitrogens with one attached hydrogen (secondary N) is 1. The van der Waals surface area contributed by atoms with E-state index in [-0.39, 0.29) is 28.2 Å². The number of hydrogen-bond acceptors (Lipinski definition) is 5. The van der Waals surface area contributed by atoms with Crippen LogP contribution in [0.5, 0.6) is 0 Å². The Balaban J connectivity index is 1.47. The van der Waals surface area contributed by atoms with Gasteiger partial charge in [0.05, 0.1) is 5.56 Å². The van der Waals surface area contributed by atoms with Crippen molar-refractivity contribution < 1.29 is 9.59 Å². The fraction of sp³-hybridized carbons (Fsp3) is 0.542. The van der Waals surface area contributed by atoms with Crippen LogP contribution < -0.4 is 5.32 Å². The van der Waals surface area contributed by atoms with Gasteiger partial charge in [-0.05, 0) is 67.1 Å². The molecule has 33 heavy (non-hydrogen) atoms. The lowest BCUT2D eigenvalue weighted by Gasteiger charge is -2.40. The molecule has 1 N–H and O–H groups in total. The number of thiophene rings is 1. The molecule has 9 heteroatoms. The van der Waals surface area contributed by atoms with E-state index in [2.05, 4.69) is 43.9 Å². The van der Waals surface area contributed by atoms with Crippen LogP contribution in [0.4, 0.5) is 0 Å². The van der Waals surface area contributed by atoms with Crippen LogP contribution in [-0.2, 0) is 11.3 Å². The third-order valence-corrected chi connectivity index (χ3v) is 7.53. The number of aromatic nitrogens is 1. The summed E-state index contributed by atoms with van der Waals surface area (Å²) in [7, 11) is 0. The van der Waals surface area contributed by atoms with Gasteiger partial charge < -0.3 is 15.1 Å². The van der Waals surface area contributed by atoms with Gasteiger partial charge in [0.25, 0.3) is 5.91 Å². The van der Waals surface area contributed by atoms with Crippen molar-refractivity contribution in [1.29, 1.82) is 0 Å². The largest absolute Gasteiger partial charge is 0.352 e. The number of hydrogen-bond donors (Lipinski definition) is 1. The van der Waals surface area contributed by atoms with Gasteiger partial charge in [-0.25, -0.2) is 4.98 Å². The highest BCUT2D eigenvalue weighted by molar-refractivity contribution is 7.07. The minimum absolute atomic E-state index is 0.126. The first-order valence-electron chi connectivity index (χ1n) is 11.5. The van der Waals surface area contributed by atoms with Gasteiger partial charge in [0.15, 0.2) is 0 Å². The van der Waals surface area contributed by atoms with Crippen molar-refractivity contribution in [3.05, 3.63) is 49.9 Å². The quantitative estimate of drug-likeness (QED) is 0.472. The Morgan fingerprint density at radius 1 is 1.33 bits per heavy atom. The van der Waals surface area contributed by atoms with Gasteiger partial charge in [0.1, 0.15) is 10.3 Å². The van der Waals surface area contributed by atoms with E-state index < -0.39 is 0 Å². The molecule has 0 aromatic carbocycles. The normalized spacial score (nSPS) is 15.9. The average molecular weight is 512 g/mol. The smallest absolute Gasteiger partial charge is 0.254 e. The second-order valence-electron chi connectivity index (χ2n) is 8.60. The number of nitrogens with zero attached hydrogens (tertiary/aromatic N) is 3. The molecule has 0 spiro atoms. The summed E-state index contributed by atoms with van der Waals surface area (Å²) in [6.45, 7) is 9.07. The average Bonchev–Trinajstić information content (AvgIpc) is 3.29. The van der Waals surface area contributed by atoms with Gasteiger partial charge in [-0.1, -0.05) is 30.1 Å². The second-order valence-corrected chi connectivity index (χ2v) is 10.1. The molecule has 6 nitrogen and oxygen atoms in total. The van der Waals surface area contributed by atoms with Crippen molar-refractivity contribution in [3.63, 3.8) is 0 Å². The number of piperidine rings is 1. The zero-order valence-corrected chi connectivity index (χ0v) is 21.8. The molecule has 180 valence electrons. The molecule has 2 aromatic heterocycles. The van der Waals surface area contributed by atoms with Crippen LogP contribution in [0.3, 0.4) is 0 Å². The molecule has 0 bridgehead atoms. The summed E-state index contributed by atoms with van der Waals surface area (Å²) < 4.78 is 0. The lowest BCUT2D eigenvalue weighted by atomic mass is 10.00. The lowest BCUT2D eigenvalue weighted by Crippen LogP contribution is -2.49. The Morgan fingerprint density at radius 2 is 2.06 bits per heavy atom. The molecule has 3 rings (SSSR count). The highest BCUT2D eigenvalue weighted by Gasteiger charge is 2.29. The van der Waals surface area contributed by atoms with Crippen molar-refractivity contribution in [3.8, 4) is 0 Å². The Labute approximate surface area is 210 Å². The first-order valence-corrected chi connectivity index (χ1v) is 13.2. The zero-order chi connectivity index (χ0) is 24.0. The summed E-state index contributed by atoms with van der Waals surface area (Å²) in [6.07, 6.45) is 3.31.